The number of halogens is 3. The average Bonchev–Trinajstić information content (AvgIpc) is 1.88. The fraction of sp³-hybridized carbons (Fsp3) is 1.00. The van der Waals surface area contributed by atoms with Crippen LogP contribution >= 0.6 is 11.6 Å². The molecule has 4 heteroatoms. The summed E-state index contributed by atoms with van der Waals surface area (Å²) in [6.45, 7) is 3.50. The molecule has 0 spiro atoms. The van der Waals surface area contributed by atoms with E-state index in [-0.39, 0.29) is 0 Å². The molecule has 0 aliphatic carbocycles. The molecule has 0 aliphatic heterocycles. The van der Waals surface area contributed by atoms with Crippen LogP contribution in [0.2, 0.25) is 0 Å². The van der Waals surface area contributed by atoms with Gasteiger partial charge in [0.1, 0.15) is 6.10 Å². The summed E-state index contributed by atoms with van der Waals surface area (Å²) in [5.74, 6) is -0.414. The van der Waals surface area contributed by atoms with Crippen molar-refractivity contribution in [3.63, 3.8) is 0 Å². The number of aliphatic hydroxyl groups excluding tert-OH is 1. The van der Waals surface area contributed by atoms with Gasteiger partial charge < -0.3 is 5.11 Å². The lowest BCUT2D eigenvalue weighted by Gasteiger charge is -2.23. The molecule has 0 aliphatic rings. The summed E-state index contributed by atoms with van der Waals surface area (Å²) >= 11 is 4.65. The van der Waals surface area contributed by atoms with Gasteiger partial charge in [0.25, 0.3) is 0 Å². The smallest absolute Gasteiger partial charge is 0.347 e. The number of rotatable bonds is 4. The first-order valence-electron chi connectivity index (χ1n) is 3.68. The highest BCUT2D eigenvalue weighted by Crippen LogP contribution is 2.30. The molecule has 0 aromatic rings. The highest BCUT2D eigenvalue weighted by Gasteiger charge is 2.39. The molecule has 0 saturated heterocycles. The Morgan fingerprint density at radius 1 is 1.36 bits per heavy atom. The van der Waals surface area contributed by atoms with E-state index in [0.717, 1.165) is 0 Å². The minimum absolute atomic E-state index is 0.414. The van der Waals surface area contributed by atoms with E-state index in [1.165, 1.54) is 0 Å². The average molecular weight is 187 g/mol. The van der Waals surface area contributed by atoms with Crippen LogP contribution in [0.5, 0.6) is 0 Å². The van der Waals surface area contributed by atoms with Gasteiger partial charge in [0.2, 0.25) is 0 Å². The van der Waals surface area contributed by atoms with Crippen molar-refractivity contribution in [3.8, 4) is 0 Å². The maximum Gasteiger partial charge on any atom is 0.347 e. The number of aliphatic hydroxyl groups is 1. The Morgan fingerprint density at radius 3 is 1.82 bits per heavy atom. The normalized spacial score (nSPS) is 15.5. The van der Waals surface area contributed by atoms with Gasteiger partial charge in [0.15, 0.2) is 0 Å². The second-order valence-corrected chi connectivity index (χ2v) is 3.07. The Hall–Kier alpha value is 0.110. The van der Waals surface area contributed by atoms with Gasteiger partial charge >= 0.3 is 5.38 Å². The van der Waals surface area contributed by atoms with Gasteiger partial charge in [0, 0.05) is 0 Å². The zero-order chi connectivity index (χ0) is 9.07. The molecule has 0 aromatic heterocycles. The molecule has 0 bridgehead atoms. The van der Waals surface area contributed by atoms with Crippen LogP contribution < -0.4 is 0 Å². The molecule has 68 valence electrons. The molecule has 0 heterocycles. The Balaban J connectivity index is 4.09. The number of hydrogen-bond donors (Lipinski definition) is 1. The molecule has 1 unspecified atom stereocenters. The minimum Gasteiger partial charge on any atom is -0.385 e. The van der Waals surface area contributed by atoms with Crippen molar-refractivity contribution in [2.75, 3.05) is 0 Å². The van der Waals surface area contributed by atoms with E-state index in [4.69, 9.17) is 5.11 Å². The molecular formula is C7H13ClF2O. The lowest BCUT2D eigenvalue weighted by Crippen LogP contribution is -2.34. The van der Waals surface area contributed by atoms with Crippen LogP contribution in [0.1, 0.15) is 26.7 Å². The highest BCUT2D eigenvalue weighted by molar-refractivity contribution is 6.22. The molecule has 0 fully saturated rings. The van der Waals surface area contributed by atoms with E-state index in [2.05, 4.69) is 11.6 Å². The fourth-order valence-corrected chi connectivity index (χ4v) is 1.18. The Bertz CT molecular complexity index is 109. The number of hydrogen-bond acceptors (Lipinski definition) is 1. The molecular weight excluding hydrogens is 174 g/mol. The van der Waals surface area contributed by atoms with Crippen LogP contribution in [-0.4, -0.2) is 16.6 Å². The van der Waals surface area contributed by atoms with Crippen molar-refractivity contribution in [2.24, 2.45) is 5.92 Å². The molecule has 1 N–H and O–H groups in total. The first-order valence-corrected chi connectivity index (χ1v) is 4.06. The quantitative estimate of drug-likeness (QED) is 0.670. The van der Waals surface area contributed by atoms with Gasteiger partial charge in [-0.2, -0.15) is 8.78 Å². The van der Waals surface area contributed by atoms with E-state index < -0.39 is 17.4 Å². The van der Waals surface area contributed by atoms with Crippen molar-refractivity contribution < 1.29 is 13.9 Å². The van der Waals surface area contributed by atoms with Crippen molar-refractivity contribution in [2.45, 2.75) is 38.2 Å². The number of alkyl halides is 3. The van der Waals surface area contributed by atoms with Crippen molar-refractivity contribution >= 4 is 11.6 Å². The van der Waals surface area contributed by atoms with Crippen LogP contribution in [0, 0.1) is 5.92 Å². The van der Waals surface area contributed by atoms with Gasteiger partial charge in [-0.25, -0.2) is 0 Å². The maximum absolute atomic E-state index is 12.3. The lowest BCUT2D eigenvalue weighted by molar-refractivity contribution is -0.0722. The second-order valence-electron chi connectivity index (χ2n) is 2.56. The predicted octanol–water partition coefficient (Wildman–Crippen LogP) is 2.62. The van der Waals surface area contributed by atoms with Crippen molar-refractivity contribution in [1.29, 1.82) is 0 Å². The molecule has 0 saturated carbocycles. The monoisotopic (exact) mass is 186 g/mol. The predicted molar refractivity (Wildman–Crippen MR) is 40.9 cm³/mol. The summed E-state index contributed by atoms with van der Waals surface area (Å²) in [7, 11) is 0. The van der Waals surface area contributed by atoms with Crippen LogP contribution in [0.3, 0.4) is 0 Å². The zero-order valence-electron chi connectivity index (χ0n) is 6.65. The van der Waals surface area contributed by atoms with E-state index in [1.54, 1.807) is 13.8 Å². The molecule has 0 amide bonds. The fourth-order valence-electron chi connectivity index (χ4n) is 1.00. The third-order valence-electron chi connectivity index (χ3n) is 1.83. The third kappa shape index (κ3) is 3.34. The molecule has 0 rings (SSSR count). The van der Waals surface area contributed by atoms with Crippen molar-refractivity contribution in [3.05, 3.63) is 0 Å². The second kappa shape index (κ2) is 4.21. The summed E-state index contributed by atoms with van der Waals surface area (Å²) in [5, 5.41) is 5.47. The van der Waals surface area contributed by atoms with E-state index >= 15 is 0 Å². The van der Waals surface area contributed by atoms with Crippen LogP contribution in [0.15, 0.2) is 0 Å². The topological polar surface area (TPSA) is 20.2 Å². The first kappa shape index (κ1) is 11.1. The van der Waals surface area contributed by atoms with Crippen LogP contribution in [-0.2, 0) is 0 Å². The van der Waals surface area contributed by atoms with Gasteiger partial charge in [-0.05, 0) is 17.5 Å². The molecule has 11 heavy (non-hydrogen) atoms. The summed E-state index contributed by atoms with van der Waals surface area (Å²) in [6, 6.07) is 0. The third-order valence-corrected chi connectivity index (χ3v) is 2.05. The van der Waals surface area contributed by atoms with E-state index in [9.17, 15) is 8.78 Å². The summed E-state index contributed by atoms with van der Waals surface area (Å²) in [5.41, 5.74) is 0. The molecule has 1 nitrogen and oxygen atoms in total. The van der Waals surface area contributed by atoms with Gasteiger partial charge in [0.05, 0.1) is 0 Å². The summed E-state index contributed by atoms with van der Waals surface area (Å²) in [4.78, 5) is 0. The van der Waals surface area contributed by atoms with Crippen molar-refractivity contribution in [1.82, 2.24) is 0 Å². The zero-order valence-corrected chi connectivity index (χ0v) is 7.41. The largest absolute Gasteiger partial charge is 0.385 e. The lowest BCUT2D eigenvalue weighted by atomic mass is 9.97. The standard InChI is InChI=1S/C7H13ClF2O/c1-3-5(4-2)6(11)7(8,9)10/h5-6,11H,3-4H2,1-2H3. The Kier molecular flexibility index (Phi) is 4.26. The summed E-state index contributed by atoms with van der Waals surface area (Å²) in [6.07, 6.45) is -0.695. The van der Waals surface area contributed by atoms with Gasteiger partial charge in [-0.1, -0.05) is 26.7 Å². The SMILES string of the molecule is CCC(CC)C(O)C(F)(F)Cl. The van der Waals surface area contributed by atoms with Crippen LogP contribution in [0.4, 0.5) is 8.78 Å². The first-order chi connectivity index (χ1) is 4.93. The summed E-state index contributed by atoms with van der Waals surface area (Å²) < 4.78 is 24.5. The van der Waals surface area contributed by atoms with E-state index in [1.807, 2.05) is 0 Å². The highest BCUT2D eigenvalue weighted by atomic mass is 35.5. The molecule has 0 radical (unpaired) electrons. The Morgan fingerprint density at radius 2 is 1.73 bits per heavy atom. The van der Waals surface area contributed by atoms with Gasteiger partial charge in [-0.3, -0.25) is 0 Å². The minimum atomic E-state index is -3.49. The van der Waals surface area contributed by atoms with Crippen LogP contribution in [0.25, 0.3) is 0 Å². The van der Waals surface area contributed by atoms with E-state index in [0.29, 0.717) is 12.8 Å². The maximum atomic E-state index is 12.3. The molecule has 0 aromatic carbocycles. The van der Waals surface area contributed by atoms with Gasteiger partial charge in [-0.15, -0.1) is 0 Å². The Labute approximate surface area is 70.4 Å². The molecule has 1 atom stereocenters.